The summed E-state index contributed by atoms with van der Waals surface area (Å²) in [6, 6.07) is 5.24. The minimum absolute atomic E-state index is 0.122. The Balaban J connectivity index is 2.19. The van der Waals surface area contributed by atoms with Crippen molar-refractivity contribution < 1.29 is 9.53 Å². The van der Waals surface area contributed by atoms with Crippen molar-refractivity contribution in [2.45, 2.75) is 32.9 Å². The van der Waals surface area contributed by atoms with Crippen LogP contribution in [-0.4, -0.2) is 27.8 Å². The first-order chi connectivity index (χ1) is 11.0. The molecule has 0 bridgehead atoms. The van der Waals surface area contributed by atoms with Crippen molar-refractivity contribution in [3.63, 3.8) is 0 Å². The first-order valence-corrected chi connectivity index (χ1v) is 7.82. The first-order valence-electron chi connectivity index (χ1n) is 7.44. The molecule has 0 radical (unpaired) electrons. The maximum atomic E-state index is 12.3. The Hall–Kier alpha value is -2.08. The van der Waals surface area contributed by atoms with Crippen LogP contribution in [0.4, 0.5) is 0 Å². The second-order valence-electron chi connectivity index (χ2n) is 5.73. The van der Waals surface area contributed by atoms with Crippen molar-refractivity contribution in [2.75, 3.05) is 7.11 Å². The van der Waals surface area contributed by atoms with Crippen LogP contribution >= 0.6 is 11.6 Å². The maximum absolute atomic E-state index is 12.3. The Kier molecular flexibility index (Phi) is 5.98. The quantitative estimate of drug-likeness (QED) is 0.844. The second kappa shape index (κ2) is 7.97. The minimum atomic E-state index is -0.181. The van der Waals surface area contributed by atoms with Crippen molar-refractivity contribution in [1.82, 2.24) is 20.1 Å². The number of nitrogens with one attached hydrogen (secondary N) is 1. The topological polar surface area (TPSA) is 69.0 Å². The molecule has 0 aliphatic rings. The van der Waals surface area contributed by atoms with E-state index in [1.54, 1.807) is 13.2 Å². The lowest BCUT2D eigenvalue weighted by molar-refractivity contribution is -0.122. The van der Waals surface area contributed by atoms with E-state index in [0.29, 0.717) is 16.7 Å². The van der Waals surface area contributed by atoms with Gasteiger partial charge in [-0.05, 0) is 30.5 Å². The largest absolute Gasteiger partial charge is 0.496 e. The average molecular weight is 337 g/mol. The molecule has 1 amide bonds. The molecule has 0 saturated carbocycles. The molecule has 0 saturated heterocycles. The number of halogens is 1. The zero-order chi connectivity index (χ0) is 16.8. The highest BCUT2D eigenvalue weighted by atomic mass is 35.5. The van der Waals surface area contributed by atoms with Crippen LogP contribution in [0.5, 0.6) is 5.75 Å². The van der Waals surface area contributed by atoms with Crippen LogP contribution in [0.25, 0.3) is 0 Å². The highest BCUT2D eigenvalue weighted by molar-refractivity contribution is 6.30. The summed E-state index contributed by atoms with van der Waals surface area (Å²) in [5.74, 6) is 0.972. The summed E-state index contributed by atoms with van der Waals surface area (Å²) in [5.41, 5.74) is 0.876. The summed E-state index contributed by atoms with van der Waals surface area (Å²) < 4.78 is 6.90. The van der Waals surface area contributed by atoms with Gasteiger partial charge in [-0.1, -0.05) is 25.4 Å². The number of methoxy groups -OCH3 is 1. The normalized spacial score (nSPS) is 12.2. The van der Waals surface area contributed by atoms with Crippen LogP contribution in [-0.2, 0) is 11.3 Å². The molecule has 124 valence electrons. The van der Waals surface area contributed by atoms with Crippen LogP contribution in [0.2, 0.25) is 5.02 Å². The van der Waals surface area contributed by atoms with Gasteiger partial charge < -0.3 is 10.1 Å². The van der Waals surface area contributed by atoms with Gasteiger partial charge in [0.05, 0.1) is 13.2 Å². The summed E-state index contributed by atoms with van der Waals surface area (Å²) in [6.45, 7) is 4.33. The number of hydrogen-bond acceptors (Lipinski definition) is 4. The van der Waals surface area contributed by atoms with E-state index in [2.05, 4.69) is 29.2 Å². The lowest BCUT2D eigenvalue weighted by Crippen LogP contribution is -2.32. The number of hydrogen-bond donors (Lipinski definition) is 1. The third-order valence-electron chi connectivity index (χ3n) is 3.38. The number of benzene rings is 1. The molecule has 7 heteroatoms. The maximum Gasteiger partial charge on any atom is 0.242 e. The average Bonchev–Trinajstić information content (AvgIpc) is 2.98. The van der Waals surface area contributed by atoms with E-state index < -0.39 is 0 Å². The van der Waals surface area contributed by atoms with Gasteiger partial charge in [0.1, 0.15) is 24.9 Å². The molecular formula is C16H21ClN4O2. The van der Waals surface area contributed by atoms with Gasteiger partial charge in [0.2, 0.25) is 5.91 Å². The smallest absolute Gasteiger partial charge is 0.242 e. The highest BCUT2D eigenvalue weighted by Gasteiger charge is 2.20. The summed E-state index contributed by atoms with van der Waals surface area (Å²) in [5, 5.41) is 7.59. The van der Waals surface area contributed by atoms with Crippen LogP contribution in [0.15, 0.2) is 30.9 Å². The Morgan fingerprint density at radius 3 is 2.83 bits per heavy atom. The van der Waals surface area contributed by atoms with Crippen molar-refractivity contribution in [2.24, 2.45) is 5.92 Å². The fourth-order valence-corrected chi connectivity index (χ4v) is 2.59. The number of carbonyl (C=O) groups excluding carboxylic acids is 1. The number of aromatic nitrogens is 3. The lowest BCUT2D eigenvalue weighted by atomic mass is 9.96. The second-order valence-corrected chi connectivity index (χ2v) is 6.17. The van der Waals surface area contributed by atoms with Crippen LogP contribution in [0, 0.1) is 5.92 Å². The van der Waals surface area contributed by atoms with Gasteiger partial charge in [0.25, 0.3) is 0 Å². The molecule has 0 unspecified atom stereocenters. The summed E-state index contributed by atoms with van der Waals surface area (Å²) >= 11 is 6.12. The van der Waals surface area contributed by atoms with Gasteiger partial charge >= 0.3 is 0 Å². The molecule has 0 aliphatic heterocycles. The summed E-state index contributed by atoms with van der Waals surface area (Å²) in [6.07, 6.45) is 3.69. The van der Waals surface area contributed by atoms with Gasteiger partial charge in [-0.2, -0.15) is 5.10 Å². The molecular weight excluding hydrogens is 316 g/mol. The van der Waals surface area contributed by atoms with E-state index in [9.17, 15) is 4.79 Å². The molecule has 6 nitrogen and oxygen atoms in total. The van der Waals surface area contributed by atoms with E-state index >= 15 is 0 Å². The number of ether oxygens (including phenoxy) is 1. The van der Waals surface area contributed by atoms with Crippen molar-refractivity contribution in [1.29, 1.82) is 0 Å². The summed E-state index contributed by atoms with van der Waals surface area (Å²) in [7, 11) is 1.61. The van der Waals surface area contributed by atoms with Crippen LogP contribution < -0.4 is 10.1 Å². The molecule has 0 fully saturated rings. The molecule has 2 rings (SSSR count). The molecule has 1 heterocycles. The highest BCUT2D eigenvalue weighted by Crippen LogP contribution is 2.31. The van der Waals surface area contributed by atoms with Gasteiger partial charge in [-0.25, -0.2) is 9.67 Å². The zero-order valence-electron chi connectivity index (χ0n) is 13.5. The Morgan fingerprint density at radius 1 is 1.43 bits per heavy atom. The third kappa shape index (κ3) is 4.96. The number of amides is 1. The standard InChI is InChI=1S/C16H21ClN4O2/c1-11(2)6-14(13-7-12(17)4-5-15(13)23-3)20-16(22)8-21-10-18-9-19-21/h4-5,7,9-11,14H,6,8H2,1-3H3,(H,20,22)/t14-/m1/s1. The van der Waals surface area contributed by atoms with Crippen molar-refractivity contribution in [3.8, 4) is 5.75 Å². The Labute approximate surface area is 140 Å². The zero-order valence-corrected chi connectivity index (χ0v) is 14.2. The number of nitrogens with zero attached hydrogens (tertiary/aromatic N) is 3. The molecule has 0 spiro atoms. The van der Waals surface area contributed by atoms with Crippen LogP contribution in [0.1, 0.15) is 31.9 Å². The Morgan fingerprint density at radius 2 is 2.22 bits per heavy atom. The fourth-order valence-electron chi connectivity index (χ4n) is 2.41. The van der Waals surface area contributed by atoms with E-state index in [4.69, 9.17) is 16.3 Å². The van der Waals surface area contributed by atoms with E-state index in [0.717, 1.165) is 12.0 Å². The fraction of sp³-hybridized carbons (Fsp3) is 0.438. The predicted molar refractivity (Wildman–Crippen MR) is 88.4 cm³/mol. The third-order valence-corrected chi connectivity index (χ3v) is 3.62. The van der Waals surface area contributed by atoms with Gasteiger partial charge in [0.15, 0.2) is 0 Å². The number of carbonyl (C=O) groups is 1. The molecule has 23 heavy (non-hydrogen) atoms. The summed E-state index contributed by atoms with van der Waals surface area (Å²) in [4.78, 5) is 16.1. The lowest BCUT2D eigenvalue weighted by Gasteiger charge is -2.23. The monoisotopic (exact) mass is 336 g/mol. The molecule has 1 aromatic heterocycles. The van der Waals surface area contributed by atoms with E-state index in [1.807, 2.05) is 12.1 Å². The minimum Gasteiger partial charge on any atom is -0.496 e. The number of rotatable bonds is 7. The van der Waals surface area contributed by atoms with Gasteiger partial charge in [0, 0.05) is 10.6 Å². The van der Waals surface area contributed by atoms with Crippen LogP contribution in [0.3, 0.4) is 0 Å². The molecule has 2 aromatic rings. The van der Waals surface area contributed by atoms with Gasteiger partial charge in [-0.3, -0.25) is 4.79 Å². The Bertz CT molecular complexity index is 644. The molecule has 0 aliphatic carbocycles. The molecule has 1 atom stereocenters. The van der Waals surface area contributed by atoms with Crippen molar-refractivity contribution >= 4 is 17.5 Å². The SMILES string of the molecule is COc1ccc(Cl)cc1[C@@H](CC(C)C)NC(=O)Cn1cncn1. The van der Waals surface area contributed by atoms with Gasteiger partial charge in [-0.15, -0.1) is 0 Å². The van der Waals surface area contributed by atoms with E-state index in [-0.39, 0.29) is 18.5 Å². The van der Waals surface area contributed by atoms with E-state index in [1.165, 1.54) is 17.3 Å². The van der Waals surface area contributed by atoms with Crippen molar-refractivity contribution in [3.05, 3.63) is 41.4 Å². The predicted octanol–water partition coefficient (Wildman–Crippen LogP) is 2.84. The molecule has 1 N–H and O–H groups in total. The first kappa shape index (κ1) is 17.3. The molecule has 1 aromatic carbocycles.